The average Bonchev–Trinajstić information content (AvgIpc) is 3.18. The minimum absolute atomic E-state index is 0.0673. The van der Waals surface area contributed by atoms with Gasteiger partial charge in [-0.25, -0.2) is 0 Å². The number of benzene rings is 2. The van der Waals surface area contributed by atoms with Gasteiger partial charge in [0.05, 0.1) is 37.2 Å². The molecule has 0 saturated heterocycles. The summed E-state index contributed by atoms with van der Waals surface area (Å²) in [5.41, 5.74) is 5.09. The molecule has 1 atom stereocenters. The lowest BCUT2D eigenvalue weighted by Gasteiger charge is -2.24. The van der Waals surface area contributed by atoms with Crippen LogP contribution in [0.25, 0.3) is 0 Å². The van der Waals surface area contributed by atoms with Crippen LogP contribution in [0.1, 0.15) is 34.8 Å². The Kier molecular flexibility index (Phi) is 5.31. The van der Waals surface area contributed by atoms with Crippen LogP contribution in [0.5, 0.6) is 11.5 Å². The molecule has 0 amide bonds. The Morgan fingerprint density at radius 3 is 2.40 bits per heavy atom. The van der Waals surface area contributed by atoms with Crippen molar-refractivity contribution < 1.29 is 9.47 Å². The number of H-pyrrole nitrogens is 1. The molecule has 1 aliphatic heterocycles. The molecule has 6 nitrogen and oxygen atoms in total. The zero-order chi connectivity index (χ0) is 21.3. The van der Waals surface area contributed by atoms with Gasteiger partial charge < -0.3 is 14.5 Å². The number of methoxy groups -OCH3 is 2. The molecule has 0 spiro atoms. The molecule has 6 heteroatoms. The van der Waals surface area contributed by atoms with Crippen molar-refractivity contribution >= 4 is 11.4 Å². The highest BCUT2D eigenvalue weighted by molar-refractivity contribution is 6.04. The Hall–Kier alpha value is -3.54. The maximum absolute atomic E-state index is 12.7. The highest BCUT2D eigenvalue weighted by Crippen LogP contribution is 2.39. The average molecular weight is 403 g/mol. The Morgan fingerprint density at radius 2 is 1.73 bits per heavy atom. The standard InChI is InChI=1S/C24H25N3O3/c1-15-12-16(2)25-24(28)23(15)19-14-20(27(26-19)18-8-6-5-7-9-18)17-10-11-21(29-3)22(13-17)30-4/h5-13,20H,14H2,1-4H3,(H,25,28)/t20-/m0/s1. The quantitative estimate of drug-likeness (QED) is 0.687. The summed E-state index contributed by atoms with van der Waals surface area (Å²) >= 11 is 0. The van der Waals surface area contributed by atoms with Gasteiger partial charge >= 0.3 is 0 Å². The van der Waals surface area contributed by atoms with Crippen LogP contribution >= 0.6 is 0 Å². The van der Waals surface area contributed by atoms with E-state index in [0.29, 0.717) is 23.5 Å². The second-order valence-corrected chi connectivity index (χ2v) is 7.40. The van der Waals surface area contributed by atoms with Gasteiger partial charge in [0.2, 0.25) is 0 Å². The second kappa shape index (κ2) is 8.06. The fraction of sp³-hybridized carbons (Fsp3) is 0.250. The molecule has 0 saturated carbocycles. The first-order valence-corrected chi connectivity index (χ1v) is 9.86. The van der Waals surface area contributed by atoms with Crippen LogP contribution < -0.4 is 20.0 Å². The fourth-order valence-corrected chi connectivity index (χ4v) is 4.01. The van der Waals surface area contributed by atoms with E-state index in [4.69, 9.17) is 14.6 Å². The highest BCUT2D eigenvalue weighted by atomic mass is 16.5. The summed E-state index contributed by atoms with van der Waals surface area (Å²) in [6, 6.07) is 17.8. The van der Waals surface area contributed by atoms with Crippen molar-refractivity contribution in [3.05, 3.63) is 87.3 Å². The predicted molar refractivity (Wildman–Crippen MR) is 119 cm³/mol. The Balaban J connectivity index is 1.81. The number of hydrogen-bond acceptors (Lipinski definition) is 5. The molecule has 154 valence electrons. The number of aryl methyl sites for hydroxylation is 2. The Labute approximate surface area is 175 Å². The molecule has 0 fully saturated rings. The van der Waals surface area contributed by atoms with Crippen molar-refractivity contribution in [3.8, 4) is 11.5 Å². The Bertz CT molecular complexity index is 1150. The van der Waals surface area contributed by atoms with Crippen LogP contribution in [0, 0.1) is 13.8 Å². The van der Waals surface area contributed by atoms with Crippen molar-refractivity contribution in [1.82, 2.24) is 4.98 Å². The summed E-state index contributed by atoms with van der Waals surface area (Å²) in [5, 5.41) is 6.88. The van der Waals surface area contributed by atoms with Crippen LogP contribution in [0.4, 0.5) is 5.69 Å². The number of aromatic nitrogens is 1. The third-order valence-electron chi connectivity index (χ3n) is 5.38. The second-order valence-electron chi connectivity index (χ2n) is 7.40. The van der Waals surface area contributed by atoms with Gasteiger partial charge in [-0.2, -0.15) is 5.10 Å². The number of pyridine rings is 1. The van der Waals surface area contributed by atoms with E-state index < -0.39 is 0 Å². The van der Waals surface area contributed by atoms with E-state index in [-0.39, 0.29) is 11.6 Å². The Morgan fingerprint density at radius 1 is 1.00 bits per heavy atom. The summed E-state index contributed by atoms with van der Waals surface area (Å²) < 4.78 is 10.9. The molecule has 0 radical (unpaired) electrons. The van der Waals surface area contributed by atoms with E-state index in [1.807, 2.05) is 73.5 Å². The summed E-state index contributed by atoms with van der Waals surface area (Å²) in [5.74, 6) is 1.35. The molecule has 1 aliphatic rings. The summed E-state index contributed by atoms with van der Waals surface area (Å²) in [7, 11) is 3.25. The lowest BCUT2D eigenvalue weighted by atomic mass is 9.96. The number of para-hydroxylation sites is 1. The van der Waals surface area contributed by atoms with Gasteiger partial charge in [0.1, 0.15) is 0 Å². The van der Waals surface area contributed by atoms with Gasteiger partial charge in [-0.1, -0.05) is 24.3 Å². The van der Waals surface area contributed by atoms with Crippen LogP contribution in [-0.2, 0) is 0 Å². The van der Waals surface area contributed by atoms with Crippen LogP contribution in [0.15, 0.2) is 64.5 Å². The minimum Gasteiger partial charge on any atom is -0.493 e. The first-order valence-electron chi connectivity index (χ1n) is 9.86. The largest absolute Gasteiger partial charge is 0.493 e. The highest BCUT2D eigenvalue weighted by Gasteiger charge is 2.32. The van der Waals surface area contributed by atoms with Crippen molar-refractivity contribution in [2.45, 2.75) is 26.3 Å². The number of anilines is 1. The lowest BCUT2D eigenvalue weighted by molar-refractivity contribution is 0.354. The van der Waals surface area contributed by atoms with Gasteiger partial charge in [-0.15, -0.1) is 0 Å². The molecule has 3 aromatic rings. The van der Waals surface area contributed by atoms with E-state index in [2.05, 4.69) is 4.98 Å². The molecule has 0 bridgehead atoms. The van der Waals surface area contributed by atoms with Gasteiger partial charge in [0.25, 0.3) is 5.56 Å². The first kappa shape index (κ1) is 19.8. The van der Waals surface area contributed by atoms with Gasteiger partial charge in [-0.05, 0) is 55.3 Å². The SMILES string of the molecule is COc1ccc([C@@H]2CC(c3c(C)cc(C)[nH]c3=O)=NN2c2ccccc2)cc1OC. The lowest BCUT2D eigenvalue weighted by Crippen LogP contribution is -2.20. The summed E-state index contributed by atoms with van der Waals surface area (Å²) in [6.07, 6.45) is 0.608. The number of ether oxygens (including phenoxy) is 2. The van der Waals surface area contributed by atoms with E-state index in [9.17, 15) is 4.79 Å². The number of aromatic amines is 1. The van der Waals surface area contributed by atoms with E-state index in [0.717, 1.165) is 28.2 Å². The van der Waals surface area contributed by atoms with E-state index >= 15 is 0 Å². The third-order valence-corrected chi connectivity index (χ3v) is 5.38. The molecule has 1 aromatic heterocycles. The first-order chi connectivity index (χ1) is 14.5. The summed E-state index contributed by atoms with van der Waals surface area (Å²) in [4.78, 5) is 15.6. The van der Waals surface area contributed by atoms with Gasteiger partial charge in [0.15, 0.2) is 11.5 Å². The molecule has 0 aliphatic carbocycles. The number of rotatable bonds is 5. The topological polar surface area (TPSA) is 66.9 Å². The maximum atomic E-state index is 12.7. The molecule has 4 rings (SSSR count). The summed E-state index contributed by atoms with van der Waals surface area (Å²) in [6.45, 7) is 3.84. The zero-order valence-electron chi connectivity index (χ0n) is 17.6. The van der Waals surface area contributed by atoms with Crippen LogP contribution in [-0.4, -0.2) is 24.9 Å². The zero-order valence-corrected chi connectivity index (χ0v) is 17.6. The number of hydrazone groups is 1. The molecular weight excluding hydrogens is 378 g/mol. The van der Waals surface area contributed by atoms with Crippen molar-refractivity contribution in [3.63, 3.8) is 0 Å². The van der Waals surface area contributed by atoms with E-state index in [1.54, 1.807) is 14.2 Å². The van der Waals surface area contributed by atoms with Crippen molar-refractivity contribution in [1.29, 1.82) is 0 Å². The normalized spacial score (nSPS) is 15.8. The van der Waals surface area contributed by atoms with Crippen LogP contribution in [0.3, 0.4) is 0 Å². The van der Waals surface area contributed by atoms with Crippen molar-refractivity contribution in [2.24, 2.45) is 5.10 Å². The number of nitrogens with zero attached hydrogens (tertiary/aromatic N) is 2. The molecule has 30 heavy (non-hydrogen) atoms. The molecule has 0 unspecified atom stereocenters. The molecule has 2 aromatic carbocycles. The molecule has 2 heterocycles. The van der Waals surface area contributed by atoms with E-state index in [1.165, 1.54) is 0 Å². The van der Waals surface area contributed by atoms with Gasteiger partial charge in [-0.3, -0.25) is 9.80 Å². The third kappa shape index (κ3) is 3.56. The van der Waals surface area contributed by atoms with Crippen molar-refractivity contribution in [2.75, 3.05) is 19.2 Å². The predicted octanol–water partition coefficient (Wildman–Crippen LogP) is 4.36. The monoisotopic (exact) mass is 403 g/mol. The van der Waals surface area contributed by atoms with Crippen LogP contribution in [0.2, 0.25) is 0 Å². The molecular formula is C24H25N3O3. The van der Waals surface area contributed by atoms with Gasteiger partial charge in [0, 0.05) is 12.1 Å². The number of nitrogens with one attached hydrogen (secondary N) is 1. The number of hydrogen-bond donors (Lipinski definition) is 1. The fourth-order valence-electron chi connectivity index (χ4n) is 4.01. The minimum atomic E-state index is -0.104. The maximum Gasteiger partial charge on any atom is 0.257 e. The smallest absolute Gasteiger partial charge is 0.257 e. The molecule has 1 N–H and O–H groups in total.